The van der Waals surface area contributed by atoms with Crippen molar-refractivity contribution in [1.82, 2.24) is 10.2 Å². The zero-order valence-corrected chi connectivity index (χ0v) is 18.8. The Bertz CT molecular complexity index is 1090. The van der Waals surface area contributed by atoms with Crippen LogP contribution in [0.25, 0.3) is 0 Å². The molecular formula is C26H29N3O3. The predicted molar refractivity (Wildman–Crippen MR) is 122 cm³/mol. The van der Waals surface area contributed by atoms with E-state index >= 15 is 0 Å². The standard InChI is InChI=1S/C26H29N3O3/c1-16-8-12-18(13-9-16)24(31)29-15-20(23(30)27-3)22-19-6-4-5-7-21(19)28(14-17-10-11-17)25(32)26(22,29)2/h4-9,12-13,17,20,22H,10-11,14-15H2,1-3H3,(H,27,30)/t20-,22+,26-/m0/s1. The molecule has 32 heavy (non-hydrogen) atoms. The third-order valence-electron chi connectivity index (χ3n) is 7.45. The minimum Gasteiger partial charge on any atom is -0.359 e. The van der Waals surface area contributed by atoms with Gasteiger partial charge in [-0.2, -0.15) is 0 Å². The third kappa shape index (κ3) is 3.04. The van der Waals surface area contributed by atoms with Gasteiger partial charge in [0.25, 0.3) is 11.8 Å². The average Bonchev–Trinajstić information content (AvgIpc) is 3.57. The molecule has 2 aliphatic heterocycles. The molecule has 3 atom stereocenters. The van der Waals surface area contributed by atoms with Crippen LogP contribution < -0.4 is 10.2 Å². The van der Waals surface area contributed by atoms with Crippen LogP contribution in [0.2, 0.25) is 0 Å². The molecule has 2 heterocycles. The first-order valence-electron chi connectivity index (χ1n) is 11.4. The summed E-state index contributed by atoms with van der Waals surface area (Å²) < 4.78 is 0. The van der Waals surface area contributed by atoms with E-state index < -0.39 is 17.4 Å². The number of likely N-dealkylation sites (tertiary alicyclic amines) is 1. The summed E-state index contributed by atoms with van der Waals surface area (Å²) in [5, 5.41) is 2.76. The molecule has 0 aromatic heterocycles. The van der Waals surface area contributed by atoms with Crippen molar-refractivity contribution in [2.24, 2.45) is 11.8 Å². The highest BCUT2D eigenvalue weighted by Crippen LogP contribution is 2.53. The molecular weight excluding hydrogens is 402 g/mol. The summed E-state index contributed by atoms with van der Waals surface area (Å²) in [4.78, 5) is 44.3. The Balaban J connectivity index is 1.65. The second-order valence-corrected chi connectivity index (χ2v) is 9.55. The molecule has 0 spiro atoms. The summed E-state index contributed by atoms with van der Waals surface area (Å²) in [5.41, 5.74) is 2.33. The van der Waals surface area contributed by atoms with E-state index in [0.717, 1.165) is 29.7 Å². The quantitative estimate of drug-likeness (QED) is 0.809. The van der Waals surface area contributed by atoms with E-state index in [9.17, 15) is 14.4 Å². The molecule has 0 bridgehead atoms. The summed E-state index contributed by atoms with van der Waals surface area (Å²) in [5.74, 6) is -0.810. The van der Waals surface area contributed by atoms with Crippen LogP contribution in [0.1, 0.15) is 47.2 Å². The van der Waals surface area contributed by atoms with Gasteiger partial charge < -0.3 is 15.1 Å². The monoisotopic (exact) mass is 431 g/mol. The Morgan fingerprint density at radius 3 is 2.44 bits per heavy atom. The molecule has 2 aromatic carbocycles. The van der Waals surface area contributed by atoms with Crippen LogP contribution in [0.4, 0.5) is 5.69 Å². The summed E-state index contributed by atoms with van der Waals surface area (Å²) in [6.45, 7) is 4.70. The zero-order valence-electron chi connectivity index (χ0n) is 18.8. The number of carbonyl (C=O) groups excluding carboxylic acids is 3. The minimum atomic E-state index is -1.12. The van der Waals surface area contributed by atoms with E-state index in [1.54, 1.807) is 24.1 Å². The fourth-order valence-electron chi connectivity index (χ4n) is 5.50. The summed E-state index contributed by atoms with van der Waals surface area (Å²) >= 11 is 0. The number of nitrogens with zero attached hydrogens (tertiary/aromatic N) is 2. The Kier molecular flexibility index (Phi) is 4.84. The maximum absolute atomic E-state index is 14.1. The Morgan fingerprint density at radius 2 is 1.78 bits per heavy atom. The van der Waals surface area contributed by atoms with Crippen molar-refractivity contribution in [2.45, 2.75) is 38.1 Å². The molecule has 1 aliphatic carbocycles. The Labute approximate surface area is 188 Å². The van der Waals surface area contributed by atoms with Gasteiger partial charge in [-0.3, -0.25) is 14.4 Å². The van der Waals surface area contributed by atoms with Crippen LogP contribution in [0.3, 0.4) is 0 Å². The predicted octanol–water partition coefficient (Wildman–Crippen LogP) is 3.11. The maximum Gasteiger partial charge on any atom is 0.254 e. The SMILES string of the molecule is CNC(=O)[C@H]1CN(C(=O)c2ccc(C)cc2)[C@]2(C)C(=O)N(CC3CC3)c3ccccc3[C@H]12. The highest BCUT2D eigenvalue weighted by molar-refractivity contribution is 6.09. The first kappa shape index (κ1) is 20.7. The molecule has 3 amide bonds. The van der Waals surface area contributed by atoms with Gasteiger partial charge in [0, 0.05) is 37.3 Å². The number of nitrogens with one attached hydrogen (secondary N) is 1. The van der Waals surface area contributed by atoms with Crippen LogP contribution >= 0.6 is 0 Å². The summed E-state index contributed by atoms with van der Waals surface area (Å²) in [6, 6.07) is 15.3. The van der Waals surface area contributed by atoms with Crippen molar-refractivity contribution in [1.29, 1.82) is 0 Å². The average molecular weight is 432 g/mol. The lowest BCUT2D eigenvalue weighted by atomic mass is 9.71. The summed E-state index contributed by atoms with van der Waals surface area (Å²) in [6.07, 6.45) is 2.25. The van der Waals surface area contributed by atoms with Gasteiger partial charge in [0.2, 0.25) is 5.91 Å². The molecule has 2 fully saturated rings. The lowest BCUT2D eigenvalue weighted by Gasteiger charge is -2.46. The number of aryl methyl sites for hydroxylation is 1. The fraction of sp³-hybridized carbons (Fsp3) is 0.423. The third-order valence-corrected chi connectivity index (χ3v) is 7.45. The lowest BCUT2D eigenvalue weighted by molar-refractivity contribution is -0.129. The number of benzene rings is 2. The van der Waals surface area contributed by atoms with Gasteiger partial charge in [0.1, 0.15) is 5.54 Å². The zero-order chi connectivity index (χ0) is 22.6. The number of rotatable bonds is 4. The van der Waals surface area contributed by atoms with Crippen molar-refractivity contribution < 1.29 is 14.4 Å². The fourth-order valence-corrected chi connectivity index (χ4v) is 5.50. The highest BCUT2D eigenvalue weighted by Gasteiger charge is 2.63. The molecule has 5 rings (SSSR count). The van der Waals surface area contributed by atoms with Crippen LogP contribution in [-0.2, 0) is 9.59 Å². The van der Waals surface area contributed by atoms with Gasteiger partial charge in [-0.15, -0.1) is 0 Å². The largest absolute Gasteiger partial charge is 0.359 e. The molecule has 3 aliphatic rings. The molecule has 6 nitrogen and oxygen atoms in total. The summed E-state index contributed by atoms with van der Waals surface area (Å²) in [7, 11) is 1.61. The van der Waals surface area contributed by atoms with Crippen LogP contribution in [-0.4, -0.2) is 48.3 Å². The molecule has 6 heteroatoms. The Morgan fingerprint density at radius 1 is 1.09 bits per heavy atom. The molecule has 1 N–H and O–H groups in total. The number of amides is 3. The molecule has 1 saturated heterocycles. The number of hydrogen-bond donors (Lipinski definition) is 1. The highest BCUT2D eigenvalue weighted by atomic mass is 16.2. The van der Waals surface area contributed by atoms with Crippen molar-refractivity contribution in [3.63, 3.8) is 0 Å². The Hall–Kier alpha value is -3.15. The van der Waals surface area contributed by atoms with Crippen molar-refractivity contribution >= 4 is 23.4 Å². The number of anilines is 1. The smallest absolute Gasteiger partial charge is 0.254 e. The second kappa shape index (κ2) is 7.47. The van der Waals surface area contributed by atoms with Crippen molar-refractivity contribution in [3.8, 4) is 0 Å². The first-order chi connectivity index (χ1) is 15.4. The van der Waals surface area contributed by atoms with E-state index in [0.29, 0.717) is 18.0 Å². The molecule has 166 valence electrons. The van der Waals surface area contributed by atoms with E-state index in [-0.39, 0.29) is 24.3 Å². The molecule has 2 aromatic rings. The number of fused-ring (bicyclic) bond motifs is 3. The van der Waals surface area contributed by atoms with Gasteiger partial charge in [-0.25, -0.2) is 0 Å². The van der Waals surface area contributed by atoms with Gasteiger partial charge in [-0.05, 0) is 56.4 Å². The van der Waals surface area contributed by atoms with Crippen molar-refractivity contribution in [2.75, 3.05) is 25.0 Å². The number of para-hydroxylation sites is 1. The van der Waals surface area contributed by atoms with Gasteiger partial charge in [0.15, 0.2) is 0 Å². The van der Waals surface area contributed by atoms with E-state index in [1.165, 1.54) is 0 Å². The number of carbonyl (C=O) groups is 3. The van der Waals surface area contributed by atoms with Crippen LogP contribution in [0, 0.1) is 18.8 Å². The molecule has 0 unspecified atom stereocenters. The number of hydrogen-bond acceptors (Lipinski definition) is 3. The van der Waals surface area contributed by atoms with Gasteiger partial charge in [0.05, 0.1) is 5.92 Å². The van der Waals surface area contributed by atoms with Crippen molar-refractivity contribution in [3.05, 3.63) is 65.2 Å². The molecule has 0 radical (unpaired) electrons. The lowest BCUT2D eigenvalue weighted by Crippen LogP contribution is -2.62. The topological polar surface area (TPSA) is 69.7 Å². The van der Waals surface area contributed by atoms with E-state index in [1.807, 2.05) is 55.1 Å². The van der Waals surface area contributed by atoms with Gasteiger partial charge in [-0.1, -0.05) is 35.9 Å². The minimum absolute atomic E-state index is 0.0834. The normalized spacial score (nSPS) is 26.5. The first-order valence-corrected chi connectivity index (χ1v) is 11.4. The maximum atomic E-state index is 14.1. The van der Waals surface area contributed by atoms with E-state index in [2.05, 4.69) is 5.32 Å². The molecule has 1 saturated carbocycles. The van der Waals surface area contributed by atoms with Crippen LogP contribution in [0.15, 0.2) is 48.5 Å². The van der Waals surface area contributed by atoms with E-state index in [4.69, 9.17) is 0 Å². The van der Waals surface area contributed by atoms with Crippen LogP contribution in [0.5, 0.6) is 0 Å². The second-order valence-electron chi connectivity index (χ2n) is 9.55. The van der Waals surface area contributed by atoms with Gasteiger partial charge >= 0.3 is 0 Å².